The molecule has 0 saturated heterocycles. The van der Waals surface area contributed by atoms with Crippen LogP contribution in [0.25, 0.3) is 0 Å². The molecule has 0 radical (unpaired) electrons. The lowest BCUT2D eigenvalue weighted by Crippen LogP contribution is -2.35. The van der Waals surface area contributed by atoms with Gasteiger partial charge in [-0.2, -0.15) is 0 Å². The highest BCUT2D eigenvalue weighted by molar-refractivity contribution is 5.83. The summed E-state index contributed by atoms with van der Waals surface area (Å²) >= 11 is 0. The summed E-state index contributed by atoms with van der Waals surface area (Å²) in [5.41, 5.74) is -0.916. The van der Waals surface area contributed by atoms with E-state index < -0.39 is 21.5 Å². The molecule has 0 aliphatic heterocycles. The van der Waals surface area contributed by atoms with Crippen molar-refractivity contribution in [2.24, 2.45) is 0 Å². The van der Waals surface area contributed by atoms with Crippen molar-refractivity contribution in [3.05, 3.63) is 79.1 Å². The highest BCUT2D eigenvalue weighted by atomic mass is 16.6. The van der Waals surface area contributed by atoms with Crippen LogP contribution in [-0.2, 0) is 0 Å². The minimum Gasteiger partial charge on any atom is -0.506 e. The molecule has 0 aliphatic carbocycles. The fourth-order valence-corrected chi connectivity index (χ4v) is 2.17. The Morgan fingerprint density at radius 2 is 1.54 bits per heavy atom. The highest BCUT2D eigenvalue weighted by Gasteiger charge is 2.22. The zero-order valence-corrected chi connectivity index (χ0v) is 12.1. The summed E-state index contributed by atoms with van der Waals surface area (Å²) in [5, 5.41) is 26.0. The lowest BCUT2D eigenvalue weighted by molar-refractivity contribution is -0.384. The van der Waals surface area contributed by atoms with Gasteiger partial charge in [0, 0.05) is 11.8 Å². The Kier molecular flexibility index (Phi) is 3.70. The van der Waals surface area contributed by atoms with E-state index in [1.807, 2.05) is 0 Å². The summed E-state index contributed by atoms with van der Waals surface area (Å²) in [4.78, 5) is 33.5. The molecular formula is C16H11N3O5. The molecular weight excluding hydrogens is 314 g/mol. The third-order valence-electron chi connectivity index (χ3n) is 3.41. The molecule has 0 aromatic heterocycles. The molecule has 0 atom stereocenters. The van der Waals surface area contributed by atoms with Crippen LogP contribution in [-0.4, -0.2) is 10.0 Å². The van der Waals surface area contributed by atoms with Gasteiger partial charge < -0.3 is 15.7 Å². The molecule has 0 heterocycles. The normalized spacial score (nSPS) is 10.5. The van der Waals surface area contributed by atoms with Gasteiger partial charge in [0.2, 0.25) is 0 Å². The summed E-state index contributed by atoms with van der Waals surface area (Å²) in [5.74, 6) is -0.400. The number of hydrogen-bond donors (Lipinski definition) is 3. The van der Waals surface area contributed by atoms with E-state index in [1.165, 1.54) is 12.1 Å². The van der Waals surface area contributed by atoms with Crippen LogP contribution in [0.4, 0.5) is 28.4 Å². The van der Waals surface area contributed by atoms with E-state index in [4.69, 9.17) is 0 Å². The lowest BCUT2D eigenvalue weighted by Gasteiger charge is -2.15. The van der Waals surface area contributed by atoms with Crippen molar-refractivity contribution >= 4 is 28.4 Å². The molecule has 0 spiro atoms. The topological polar surface area (TPSA) is 122 Å². The molecule has 8 nitrogen and oxygen atoms in total. The fourth-order valence-electron chi connectivity index (χ4n) is 2.17. The molecule has 0 fully saturated rings. The zero-order valence-electron chi connectivity index (χ0n) is 12.1. The Morgan fingerprint density at radius 3 is 2.12 bits per heavy atom. The predicted octanol–water partition coefficient (Wildman–Crippen LogP) is 2.38. The van der Waals surface area contributed by atoms with Crippen LogP contribution >= 0.6 is 0 Å². The van der Waals surface area contributed by atoms with Crippen molar-refractivity contribution in [2.45, 2.75) is 0 Å². The molecule has 0 saturated carbocycles. The summed E-state index contributed by atoms with van der Waals surface area (Å²) < 4.78 is 0. The number of non-ortho nitro benzene ring substituents is 1. The van der Waals surface area contributed by atoms with Gasteiger partial charge in [0.1, 0.15) is 17.1 Å². The first-order valence-electron chi connectivity index (χ1n) is 6.87. The molecule has 0 unspecified atom stereocenters. The quantitative estimate of drug-likeness (QED) is 0.285. The monoisotopic (exact) mass is 325 g/mol. The number of phenolic OH excluding ortho intramolecular Hbond substituents is 1. The van der Waals surface area contributed by atoms with E-state index in [1.54, 1.807) is 30.3 Å². The van der Waals surface area contributed by atoms with Gasteiger partial charge in [-0.1, -0.05) is 18.2 Å². The van der Waals surface area contributed by atoms with Crippen LogP contribution in [0.15, 0.2) is 58.1 Å². The number of anilines is 4. The molecule has 0 amide bonds. The first kappa shape index (κ1) is 15.2. The van der Waals surface area contributed by atoms with Crippen molar-refractivity contribution < 1.29 is 10.0 Å². The number of benzene rings is 2. The second-order valence-electron chi connectivity index (χ2n) is 4.98. The molecule has 0 aliphatic rings. The number of rotatable bonds is 5. The molecule has 8 heteroatoms. The molecule has 120 valence electrons. The van der Waals surface area contributed by atoms with Gasteiger partial charge in [-0.05, 0) is 18.2 Å². The van der Waals surface area contributed by atoms with Crippen LogP contribution in [0.2, 0.25) is 0 Å². The molecule has 3 N–H and O–H groups in total. The average Bonchev–Trinajstić information content (AvgIpc) is 2.59. The molecule has 3 aromatic carbocycles. The second-order valence-corrected chi connectivity index (χ2v) is 4.98. The number of hydrogen-bond acceptors (Lipinski definition) is 7. The van der Waals surface area contributed by atoms with E-state index >= 15 is 0 Å². The SMILES string of the molecule is O=c1c(Nc2ccccc2)c(Nc2ccc([N+](=O)[O-])cc2O)c1=O. The minimum atomic E-state index is -0.730. The van der Waals surface area contributed by atoms with Crippen molar-refractivity contribution in [3.8, 4) is 5.75 Å². The van der Waals surface area contributed by atoms with Gasteiger partial charge in [0.25, 0.3) is 16.5 Å². The summed E-state index contributed by atoms with van der Waals surface area (Å²) in [6.45, 7) is 0. The van der Waals surface area contributed by atoms with E-state index in [0.717, 1.165) is 6.07 Å². The highest BCUT2D eigenvalue weighted by Crippen LogP contribution is 2.32. The second kappa shape index (κ2) is 5.84. The predicted molar refractivity (Wildman–Crippen MR) is 89.1 cm³/mol. The van der Waals surface area contributed by atoms with Crippen LogP contribution in [0.3, 0.4) is 0 Å². The Bertz CT molecular complexity index is 991. The molecule has 0 bridgehead atoms. The Hall–Kier alpha value is -3.68. The molecule has 3 rings (SSSR count). The van der Waals surface area contributed by atoms with Gasteiger partial charge in [0.05, 0.1) is 16.7 Å². The number of nitro groups is 1. The number of nitrogens with one attached hydrogen (secondary N) is 2. The Labute approximate surface area is 134 Å². The van der Waals surface area contributed by atoms with E-state index in [2.05, 4.69) is 10.6 Å². The standard InChI is InChI=1S/C16H11N3O5/c20-12-8-10(19(23)24)6-7-11(12)18-14-13(15(21)16(14)22)17-9-4-2-1-3-5-9/h1-8,17-18,20H. The Balaban J connectivity index is 1.89. The summed E-state index contributed by atoms with van der Waals surface area (Å²) in [6.07, 6.45) is 0. The van der Waals surface area contributed by atoms with Gasteiger partial charge in [-0.15, -0.1) is 0 Å². The maximum absolute atomic E-state index is 11.8. The number of phenols is 1. The summed E-state index contributed by atoms with van der Waals surface area (Å²) in [6, 6.07) is 12.2. The van der Waals surface area contributed by atoms with Crippen molar-refractivity contribution in [3.63, 3.8) is 0 Å². The smallest absolute Gasteiger partial charge is 0.273 e. The fraction of sp³-hybridized carbons (Fsp3) is 0. The minimum absolute atomic E-state index is 0.00648. The zero-order chi connectivity index (χ0) is 17.3. The molecule has 3 aromatic rings. The number of nitro benzene ring substituents is 1. The number of aromatic hydroxyl groups is 1. The third-order valence-corrected chi connectivity index (χ3v) is 3.41. The number of nitrogens with zero attached hydrogens (tertiary/aromatic N) is 1. The lowest BCUT2D eigenvalue weighted by atomic mass is 10.1. The van der Waals surface area contributed by atoms with Crippen LogP contribution < -0.4 is 21.5 Å². The van der Waals surface area contributed by atoms with Crippen molar-refractivity contribution in [1.82, 2.24) is 0 Å². The van der Waals surface area contributed by atoms with Crippen LogP contribution in [0, 0.1) is 10.1 Å². The maximum atomic E-state index is 11.8. The van der Waals surface area contributed by atoms with E-state index in [9.17, 15) is 24.8 Å². The van der Waals surface area contributed by atoms with Crippen LogP contribution in [0.1, 0.15) is 0 Å². The largest absolute Gasteiger partial charge is 0.506 e. The van der Waals surface area contributed by atoms with Crippen molar-refractivity contribution in [2.75, 3.05) is 10.6 Å². The first-order chi connectivity index (χ1) is 11.5. The third kappa shape index (κ3) is 2.68. The first-order valence-corrected chi connectivity index (χ1v) is 6.87. The van der Waals surface area contributed by atoms with Gasteiger partial charge in [-0.25, -0.2) is 0 Å². The number of para-hydroxylation sites is 1. The molecule has 24 heavy (non-hydrogen) atoms. The summed E-state index contributed by atoms with van der Waals surface area (Å²) in [7, 11) is 0. The van der Waals surface area contributed by atoms with Crippen molar-refractivity contribution in [1.29, 1.82) is 0 Å². The van der Waals surface area contributed by atoms with Gasteiger partial charge >= 0.3 is 0 Å². The van der Waals surface area contributed by atoms with Crippen LogP contribution in [0.5, 0.6) is 5.75 Å². The maximum Gasteiger partial charge on any atom is 0.273 e. The Morgan fingerprint density at radius 1 is 0.917 bits per heavy atom. The average molecular weight is 325 g/mol. The van der Waals surface area contributed by atoms with Gasteiger partial charge in [0.15, 0.2) is 0 Å². The van der Waals surface area contributed by atoms with E-state index in [0.29, 0.717) is 5.69 Å². The van der Waals surface area contributed by atoms with Gasteiger partial charge in [-0.3, -0.25) is 19.7 Å². The van der Waals surface area contributed by atoms with E-state index in [-0.39, 0.29) is 22.7 Å².